The van der Waals surface area contributed by atoms with Gasteiger partial charge < -0.3 is 24.4 Å². The summed E-state index contributed by atoms with van der Waals surface area (Å²) in [5.74, 6) is 0. The third-order valence-corrected chi connectivity index (χ3v) is 2.76. The van der Waals surface area contributed by atoms with Gasteiger partial charge in [0.15, 0.2) is 6.29 Å². The van der Waals surface area contributed by atoms with Crippen molar-refractivity contribution in [2.45, 2.75) is 31.7 Å². The number of unbranched alkanes of at least 4 members (excludes halogenated alkanes) is 1. The molecule has 2 atom stereocenters. The highest BCUT2D eigenvalue weighted by atomic mass is 31.2. The van der Waals surface area contributed by atoms with Crippen LogP contribution in [-0.4, -0.2) is 34.2 Å². The lowest BCUT2D eigenvalue weighted by Crippen LogP contribution is -2.09. The lowest BCUT2D eigenvalue weighted by atomic mass is 10.2. The van der Waals surface area contributed by atoms with E-state index >= 15 is 0 Å². The maximum atomic E-state index is 8.70. The standard InChI is InChI=1S/C13H18O3.H4NO2P/c14-9-5-4-8-12-10-15-13(16-12)11-6-2-1-3-7-11;1-4(2)3/h1-3,6-7,12-14H,4-5,8-10H2;2-3H,1H2. The van der Waals surface area contributed by atoms with Crippen molar-refractivity contribution >= 4 is 8.53 Å². The van der Waals surface area contributed by atoms with Crippen molar-refractivity contribution < 1.29 is 24.4 Å². The highest BCUT2D eigenvalue weighted by Crippen LogP contribution is 2.28. The normalized spacial score (nSPS) is 21.6. The maximum Gasteiger partial charge on any atom is 0.247 e. The molecule has 1 fully saturated rings. The van der Waals surface area contributed by atoms with Crippen molar-refractivity contribution in [2.24, 2.45) is 5.50 Å². The van der Waals surface area contributed by atoms with Gasteiger partial charge >= 0.3 is 0 Å². The van der Waals surface area contributed by atoms with Gasteiger partial charge in [-0.1, -0.05) is 30.3 Å². The fourth-order valence-corrected chi connectivity index (χ4v) is 1.87. The van der Waals surface area contributed by atoms with E-state index in [2.05, 4.69) is 5.50 Å². The minimum atomic E-state index is -2.12. The summed E-state index contributed by atoms with van der Waals surface area (Å²) in [6.45, 7) is 0.917. The lowest BCUT2D eigenvalue weighted by Gasteiger charge is -2.11. The fourth-order valence-electron chi connectivity index (χ4n) is 1.87. The van der Waals surface area contributed by atoms with Crippen LogP contribution in [0.3, 0.4) is 0 Å². The number of nitrogens with two attached hydrogens (primary N) is 1. The number of rotatable bonds is 5. The van der Waals surface area contributed by atoms with Gasteiger partial charge in [-0.2, -0.15) is 0 Å². The van der Waals surface area contributed by atoms with Crippen LogP contribution in [0.2, 0.25) is 0 Å². The molecule has 0 spiro atoms. The zero-order valence-electron chi connectivity index (χ0n) is 11.3. The summed E-state index contributed by atoms with van der Waals surface area (Å²) >= 11 is 0. The van der Waals surface area contributed by atoms with Crippen LogP contribution in [0, 0.1) is 0 Å². The van der Waals surface area contributed by atoms with Gasteiger partial charge in [-0.05, 0) is 19.3 Å². The molecule has 6 nitrogen and oxygen atoms in total. The van der Waals surface area contributed by atoms with Gasteiger partial charge in [0.25, 0.3) is 0 Å². The van der Waals surface area contributed by atoms with E-state index in [0.29, 0.717) is 6.61 Å². The first-order valence-electron chi connectivity index (χ1n) is 6.49. The summed E-state index contributed by atoms with van der Waals surface area (Å²) in [4.78, 5) is 14.9. The second kappa shape index (κ2) is 10.2. The molecule has 5 N–H and O–H groups in total. The molecule has 114 valence electrons. The van der Waals surface area contributed by atoms with Crippen molar-refractivity contribution in [3.8, 4) is 0 Å². The predicted molar refractivity (Wildman–Crippen MR) is 76.5 cm³/mol. The van der Waals surface area contributed by atoms with E-state index in [-0.39, 0.29) is 19.0 Å². The second-order valence-electron chi connectivity index (χ2n) is 4.37. The quantitative estimate of drug-likeness (QED) is 0.484. The summed E-state index contributed by atoms with van der Waals surface area (Å²) in [5.41, 5.74) is 5.36. The van der Waals surface area contributed by atoms with Crippen molar-refractivity contribution in [1.29, 1.82) is 0 Å². The van der Waals surface area contributed by atoms with Crippen molar-refractivity contribution in [3.63, 3.8) is 0 Å². The molecule has 1 saturated heterocycles. The highest BCUT2D eigenvalue weighted by molar-refractivity contribution is 7.42. The molecule has 0 amide bonds. The Bertz CT molecular complexity index is 349. The largest absolute Gasteiger partial charge is 0.396 e. The molecule has 0 radical (unpaired) electrons. The average molecular weight is 303 g/mol. The Morgan fingerprint density at radius 3 is 2.45 bits per heavy atom. The van der Waals surface area contributed by atoms with E-state index in [9.17, 15) is 0 Å². The van der Waals surface area contributed by atoms with Gasteiger partial charge in [0.2, 0.25) is 8.53 Å². The van der Waals surface area contributed by atoms with E-state index in [0.717, 1.165) is 24.8 Å². The molecular formula is C13H22NO5P. The molecule has 2 unspecified atom stereocenters. The molecule has 0 aliphatic carbocycles. The van der Waals surface area contributed by atoms with Gasteiger partial charge in [-0.3, -0.25) is 5.50 Å². The van der Waals surface area contributed by atoms with Gasteiger partial charge in [0, 0.05) is 12.2 Å². The first kappa shape index (κ1) is 17.5. The molecule has 1 aliphatic heterocycles. The molecule has 1 aromatic rings. The van der Waals surface area contributed by atoms with E-state index in [1.165, 1.54) is 0 Å². The molecule has 1 heterocycles. The van der Waals surface area contributed by atoms with E-state index < -0.39 is 8.53 Å². The van der Waals surface area contributed by atoms with Crippen LogP contribution in [0.1, 0.15) is 31.1 Å². The number of aliphatic hydroxyl groups is 1. The van der Waals surface area contributed by atoms with E-state index in [1.54, 1.807) is 0 Å². The summed E-state index contributed by atoms with van der Waals surface area (Å²) in [7, 11) is -2.12. The first-order chi connectivity index (χ1) is 9.63. The third kappa shape index (κ3) is 7.26. The summed E-state index contributed by atoms with van der Waals surface area (Å²) in [6.07, 6.45) is 2.77. The smallest absolute Gasteiger partial charge is 0.247 e. The summed E-state index contributed by atoms with van der Waals surface area (Å²) < 4.78 is 11.4. The second-order valence-corrected chi connectivity index (χ2v) is 5.01. The molecular weight excluding hydrogens is 281 g/mol. The van der Waals surface area contributed by atoms with Crippen molar-refractivity contribution in [3.05, 3.63) is 35.9 Å². The van der Waals surface area contributed by atoms with Gasteiger partial charge in [0.05, 0.1) is 12.7 Å². The van der Waals surface area contributed by atoms with Crippen LogP contribution < -0.4 is 5.50 Å². The minimum absolute atomic E-state index is 0.178. The maximum absolute atomic E-state index is 8.70. The molecule has 1 aromatic carbocycles. The third-order valence-electron chi connectivity index (χ3n) is 2.76. The molecule has 1 aliphatic rings. The van der Waals surface area contributed by atoms with Gasteiger partial charge in [-0.15, -0.1) is 0 Å². The Labute approximate surface area is 120 Å². The monoisotopic (exact) mass is 303 g/mol. The molecule has 0 aromatic heterocycles. The Morgan fingerprint density at radius 2 is 1.85 bits per heavy atom. The molecule has 0 saturated carbocycles. The van der Waals surface area contributed by atoms with Gasteiger partial charge in [0.1, 0.15) is 0 Å². The van der Waals surface area contributed by atoms with E-state index in [4.69, 9.17) is 24.4 Å². The zero-order valence-corrected chi connectivity index (χ0v) is 12.2. The molecule has 7 heteroatoms. The predicted octanol–water partition coefficient (Wildman–Crippen LogP) is 1.42. The van der Waals surface area contributed by atoms with Crippen LogP contribution >= 0.6 is 8.53 Å². The van der Waals surface area contributed by atoms with E-state index in [1.807, 2.05) is 30.3 Å². The summed E-state index contributed by atoms with van der Waals surface area (Å²) in [5, 5.41) is 8.70. The van der Waals surface area contributed by atoms with Crippen LogP contribution in [0.25, 0.3) is 0 Å². The topological polar surface area (TPSA) is 105 Å². The van der Waals surface area contributed by atoms with Crippen LogP contribution in [-0.2, 0) is 9.47 Å². The highest BCUT2D eigenvalue weighted by Gasteiger charge is 2.26. The number of aliphatic hydroxyl groups excluding tert-OH is 1. The Hall–Kier alpha value is -0.590. The molecule has 20 heavy (non-hydrogen) atoms. The Morgan fingerprint density at radius 1 is 1.20 bits per heavy atom. The lowest BCUT2D eigenvalue weighted by molar-refractivity contribution is -0.0614. The number of hydrogen-bond acceptors (Lipinski definition) is 6. The minimum Gasteiger partial charge on any atom is -0.396 e. The fraction of sp³-hybridized carbons (Fsp3) is 0.538. The average Bonchev–Trinajstić information content (AvgIpc) is 2.88. The van der Waals surface area contributed by atoms with Gasteiger partial charge in [-0.25, -0.2) is 0 Å². The van der Waals surface area contributed by atoms with Crippen LogP contribution in [0.15, 0.2) is 30.3 Å². The number of benzene rings is 1. The van der Waals surface area contributed by atoms with Crippen LogP contribution in [0.5, 0.6) is 0 Å². The van der Waals surface area contributed by atoms with Crippen LogP contribution in [0.4, 0.5) is 0 Å². The molecule has 2 rings (SSSR count). The molecule has 0 bridgehead atoms. The SMILES string of the molecule is NP(O)O.OCCCCC1COC(c2ccccc2)O1. The van der Waals surface area contributed by atoms with Crippen molar-refractivity contribution in [1.82, 2.24) is 0 Å². The summed E-state index contributed by atoms with van der Waals surface area (Å²) in [6, 6.07) is 9.99. The Balaban J connectivity index is 0.000000444. The van der Waals surface area contributed by atoms with Crippen molar-refractivity contribution in [2.75, 3.05) is 13.2 Å². The first-order valence-corrected chi connectivity index (χ1v) is 7.80. The Kier molecular flexibility index (Phi) is 8.89. The number of ether oxygens (including phenoxy) is 2. The zero-order chi connectivity index (χ0) is 14.8. The number of hydrogen-bond donors (Lipinski definition) is 4.